The summed E-state index contributed by atoms with van der Waals surface area (Å²) in [5, 5.41) is 9.10. The summed E-state index contributed by atoms with van der Waals surface area (Å²) in [6, 6.07) is 0.241. The second kappa shape index (κ2) is 8.49. The number of rotatable bonds is 8. The van der Waals surface area contributed by atoms with Crippen LogP contribution in [0.5, 0.6) is 0 Å². The van der Waals surface area contributed by atoms with Crippen molar-refractivity contribution < 1.29 is 4.79 Å². The first-order valence-electron chi connectivity index (χ1n) is 8.17. The molecule has 1 fully saturated rings. The van der Waals surface area contributed by atoms with Crippen LogP contribution >= 0.6 is 11.3 Å². The molecule has 1 unspecified atom stereocenters. The van der Waals surface area contributed by atoms with Gasteiger partial charge in [-0.05, 0) is 32.2 Å². The van der Waals surface area contributed by atoms with E-state index < -0.39 is 0 Å². The summed E-state index contributed by atoms with van der Waals surface area (Å²) in [6.45, 7) is 5.24. The molecule has 5 heteroatoms. The summed E-state index contributed by atoms with van der Waals surface area (Å²) >= 11 is 1.51. The van der Waals surface area contributed by atoms with Crippen LogP contribution in [0.3, 0.4) is 0 Å². The molecule has 2 rings (SSSR count). The fraction of sp³-hybridized carbons (Fsp3) is 0.750. The molecule has 1 amide bonds. The molecule has 0 aliphatic heterocycles. The number of hydrogen-bond donors (Lipinski definition) is 2. The third-order valence-electron chi connectivity index (χ3n) is 4.17. The van der Waals surface area contributed by atoms with Gasteiger partial charge in [0.2, 0.25) is 5.91 Å². The van der Waals surface area contributed by atoms with Crippen molar-refractivity contribution in [1.82, 2.24) is 10.3 Å². The first-order chi connectivity index (χ1) is 10.2. The number of anilines is 1. The minimum atomic E-state index is 0.108. The van der Waals surface area contributed by atoms with Gasteiger partial charge in [0, 0.05) is 17.8 Å². The van der Waals surface area contributed by atoms with E-state index in [0.29, 0.717) is 6.42 Å². The highest BCUT2D eigenvalue weighted by Gasteiger charge is 2.17. The number of nitrogens with zero attached hydrogens (tertiary/aromatic N) is 1. The Morgan fingerprint density at radius 3 is 2.95 bits per heavy atom. The Bertz CT molecular complexity index is 440. The summed E-state index contributed by atoms with van der Waals surface area (Å²) in [5.41, 5.74) is 1.01. The molecular weight excluding hydrogens is 282 g/mol. The molecule has 0 saturated heterocycles. The van der Waals surface area contributed by atoms with E-state index >= 15 is 0 Å². The lowest BCUT2D eigenvalue weighted by atomic mass is 10.0. The van der Waals surface area contributed by atoms with Crippen LogP contribution in [-0.4, -0.2) is 17.4 Å². The first kappa shape index (κ1) is 16.4. The maximum absolute atomic E-state index is 12.0. The fourth-order valence-corrected chi connectivity index (χ4v) is 3.64. The lowest BCUT2D eigenvalue weighted by Gasteiger charge is -2.10. The molecule has 1 aromatic heterocycles. The van der Waals surface area contributed by atoms with Crippen molar-refractivity contribution in [3.63, 3.8) is 0 Å². The van der Waals surface area contributed by atoms with Crippen molar-refractivity contribution in [2.24, 2.45) is 5.92 Å². The van der Waals surface area contributed by atoms with Crippen LogP contribution in [0.25, 0.3) is 0 Å². The quantitative estimate of drug-likeness (QED) is 0.759. The molecule has 21 heavy (non-hydrogen) atoms. The molecule has 1 aliphatic carbocycles. The standard InChI is InChI=1S/C16H27N3OS/c1-3-10-17-12(2)14-11-21-16(18-14)19-15(20)9-8-13-6-4-5-7-13/h11-13,17H,3-10H2,1-2H3,(H,18,19,20). The SMILES string of the molecule is CCCNC(C)c1csc(NC(=O)CCC2CCCC2)n1. The zero-order valence-electron chi connectivity index (χ0n) is 13.2. The topological polar surface area (TPSA) is 54.0 Å². The maximum Gasteiger partial charge on any atom is 0.226 e. The van der Waals surface area contributed by atoms with Gasteiger partial charge in [-0.1, -0.05) is 32.6 Å². The monoisotopic (exact) mass is 309 g/mol. The average molecular weight is 309 g/mol. The van der Waals surface area contributed by atoms with Gasteiger partial charge in [-0.25, -0.2) is 4.98 Å². The number of carbonyl (C=O) groups is 1. The highest BCUT2D eigenvalue weighted by molar-refractivity contribution is 7.13. The fourth-order valence-electron chi connectivity index (χ4n) is 2.82. The van der Waals surface area contributed by atoms with Gasteiger partial charge in [0.05, 0.1) is 5.69 Å². The van der Waals surface area contributed by atoms with E-state index in [0.717, 1.165) is 36.1 Å². The second-order valence-corrected chi connectivity index (χ2v) is 6.85. The molecule has 1 saturated carbocycles. The third-order valence-corrected chi connectivity index (χ3v) is 4.94. The van der Waals surface area contributed by atoms with Crippen LogP contribution in [0.15, 0.2) is 5.38 Å². The molecule has 0 aromatic carbocycles. The smallest absolute Gasteiger partial charge is 0.226 e. The Hall–Kier alpha value is -0.940. The highest BCUT2D eigenvalue weighted by atomic mass is 32.1. The molecule has 4 nitrogen and oxygen atoms in total. The van der Waals surface area contributed by atoms with Crippen LogP contribution in [0.1, 0.15) is 70.5 Å². The largest absolute Gasteiger partial charge is 0.309 e. The van der Waals surface area contributed by atoms with Gasteiger partial charge in [-0.3, -0.25) is 4.79 Å². The van der Waals surface area contributed by atoms with Crippen molar-refractivity contribution in [3.8, 4) is 0 Å². The molecule has 118 valence electrons. The lowest BCUT2D eigenvalue weighted by Crippen LogP contribution is -2.19. The number of thiazole rings is 1. The number of carbonyl (C=O) groups excluding carboxylic acids is 1. The van der Waals surface area contributed by atoms with Gasteiger partial charge in [-0.15, -0.1) is 11.3 Å². The van der Waals surface area contributed by atoms with E-state index in [1.165, 1.54) is 37.0 Å². The van der Waals surface area contributed by atoms with Gasteiger partial charge in [0.15, 0.2) is 5.13 Å². The van der Waals surface area contributed by atoms with E-state index in [4.69, 9.17) is 0 Å². The van der Waals surface area contributed by atoms with Crippen molar-refractivity contribution in [1.29, 1.82) is 0 Å². The van der Waals surface area contributed by atoms with Gasteiger partial charge in [0.25, 0.3) is 0 Å². The van der Waals surface area contributed by atoms with E-state index in [-0.39, 0.29) is 11.9 Å². The Labute approximate surface area is 131 Å². The zero-order chi connectivity index (χ0) is 15.1. The second-order valence-electron chi connectivity index (χ2n) is 5.99. The molecular formula is C16H27N3OS. The van der Waals surface area contributed by atoms with E-state index in [9.17, 15) is 4.79 Å². The number of hydrogen-bond acceptors (Lipinski definition) is 4. The Balaban J connectivity index is 1.74. The Kier molecular flexibility index (Phi) is 6.64. The van der Waals surface area contributed by atoms with Crippen LogP contribution in [0, 0.1) is 5.92 Å². The van der Waals surface area contributed by atoms with Crippen LogP contribution < -0.4 is 10.6 Å². The maximum atomic E-state index is 12.0. The van der Waals surface area contributed by atoms with E-state index in [1.54, 1.807) is 0 Å². The normalized spacial score (nSPS) is 17.0. The minimum Gasteiger partial charge on any atom is -0.309 e. The first-order valence-corrected chi connectivity index (χ1v) is 9.05. The van der Waals surface area contributed by atoms with Crippen molar-refractivity contribution >= 4 is 22.4 Å². The molecule has 1 atom stereocenters. The van der Waals surface area contributed by atoms with Gasteiger partial charge >= 0.3 is 0 Å². The number of aromatic nitrogens is 1. The Morgan fingerprint density at radius 1 is 1.48 bits per heavy atom. The molecule has 0 radical (unpaired) electrons. The van der Waals surface area contributed by atoms with Crippen LogP contribution in [0.2, 0.25) is 0 Å². The van der Waals surface area contributed by atoms with E-state index in [1.807, 2.05) is 5.38 Å². The predicted octanol–water partition coefficient (Wildman–Crippen LogP) is 4.11. The molecule has 1 aliphatic rings. The van der Waals surface area contributed by atoms with Crippen molar-refractivity contribution in [3.05, 3.63) is 11.1 Å². The van der Waals surface area contributed by atoms with Crippen molar-refractivity contribution in [2.75, 3.05) is 11.9 Å². The van der Waals surface area contributed by atoms with Crippen molar-refractivity contribution in [2.45, 2.75) is 64.8 Å². The minimum absolute atomic E-state index is 0.108. The molecule has 0 spiro atoms. The van der Waals surface area contributed by atoms with Crippen LogP contribution in [0.4, 0.5) is 5.13 Å². The number of amides is 1. The third kappa shape index (κ3) is 5.40. The average Bonchev–Trinajstić information content (AvgIpc) is 3.14. The van der Waals surface area contributed by atoms with E-state index in [2.05, 4.69) is 29.5 Å². The Morgan fingerprint density at radius 2 is 2.24 bits per heavy atom. The molecule has 1 aromatic rings. The van der Waals surface area contributed by atoms with Gasteiger partial charge < -0.3 is 10.6 Å². The molecule has 1 heterocycles. The number of nitrogens with one attached hydrogen (secondary N) is 2. The predicted molar refractivity (Wildman–Crippen MR) is 88.6 cm³/mol. The highest BCUT2D eigenvalue weighted by Crippen LogP contribution is 2.28. The summed E-state index contributed by atoms with van der Waals surface area (Å²) in [5.74, 6) is 0.873. The van der Waals surface area contributed by atoms with Gasteiger partial charge in [-0.2, -0.15) is 0 Å². The molecule has 0 bridgehead atoms. The summed E-state index contributed by atoms with van der Waals surface area (Å²) in [6.07, 6.45) is 8.04. The summed E-state index contributed by atoms with van der Waals surface area (Å²) < 4.78 is 0. The van der Waals surface area contributed by atoms with Crippen LogP contribution in [-0.2, 0) is 4.79 Å². The zero-order valence-corrected chi connectivity index (χ0v) is 14.0. The summed E-state index contributed by atoms with van der Waals surface area (Å²) in [7, 11) is 0. The molecule has 2 N–H and O–H groups in total. The summed E-state index contributed by atoms with van der Waals surface area (Å²) in [4.78, 5) is 16.5. The van der Waals surface area contributed by atoms with Gasteiger partial charge in [0.1, 0.15) is 0 Å². The lowest BCUT2D eigenvalue weighted by molar-refractivity contribution is -0.116.